The largest absolute Gasteiger partial charge is 0.496 e. The zero-order valence-corrected chi connectivity index (χ0v) is 7.59. The fourth-order valence-corrected chi connectivity index (χ4v) is 1.22. The lowest BCUT2D eigenvalue weighted by Crippen LogP contribution is -1.80. The predicted molar refractivity (Wildman–Crippen MR) is 52.0 cm³/mol. The highest BCUT2D eigenvalue weighted by atomic mass is 32.1. The number of allylic oxidation sites excluding steroid dienone is 1. The summed E-state index contributed by atoms with van der Waals surface area (Å²) < 4.78 is 9.97. The lowest BCUT2D eigenvalue weighted by atomic mass is 10.1. The van der Waals surface area contributed by atoms with Gasteiger partial charge in [0, 0.05) is 4.21 Å². The van der Waals surface area contributed by atoms with Crippen LogP contribution in [0, 0.1) is 0 Å². The monoisotopic (exact) mass is 179 g/mol. The van der Waals surface area contributed by atoms with E-state index in [1.54, 1.807) is 5.41 Å². The molecule has 0 bridgehead atoms. The van der Waals surface area contributed by atoms with Crippen molar-refractivity contribution in [2.45, 2.75) is 12.8 Å². The van der Waals surface area contributed by atoms with Gasteiger partial charge < -0.3 is 0 Å². The molecule has 1 aromatic carbocycles. The summed E-state index contributed by atoms with van der Waals surface area (Å²) in [4.78, 5) is 0. The first-order chi connectivity index (χ1) is 5.93. The average molecular weight is 179 g/mol. The lowest BCUT2D eigenvalue weighted by Gasteiger charge is -1.94. The Morgan fingerprint density at radius 2 is 2.00 bits per heavy atom. The Bertz CT molecular complexity index is 254. The van der Waals surface area contributed by atoms with Crippen LogP contribution in [0.3, 0.4) is 0 Å². The van der Waals surface area contributed by atoms with E-state index in [-0.39, 0.29) is 0 Å². The van der Waals surface area contributed by atoms with Crippen LogP contribution in [0.2, 0.25) is 0 Å². The molecular formula is C10H11OS+. The summed E-state index contributed by atoms with van der Waals surface area (Å²) in [5.74, 6) is 0. The van der Waals surface area contributed by atoms with E-state index in [9.17, 15) is 4.21 Å². The van der Waals surface area contributed by atoms with Crippen molar-refractivity contribution < 1.29 is 4.21 Å². The molecule has 2 heteroatoms. The van der Waals surface area contributed by atoms with Crippen LogP contribution in [0.1, 0.15) is 12.0 Å². The second kappa shape index (κ2) is 5.61. The summed E-state index contributed by atoms with van der Waals surface area (Å²) in [6.45, 7) is 0. The molecule has 0 saturated heterocycles. The third-order valence-corrected chi connectivity index (χ3v) is 1.90. The summed E-state index contributed by atoms with van der Waals surface area (Å²) in [5.41, 5.74) is 1.32. The highest BCUT2D eigenvalue weighted by Gasteiger charge is 1.89. The number of aryl methyl sites for hydroxylation is 1. The van der Waals surface area contributed by atoms with Gasteiger partial charge in [-0.05, 0) is 24.5 Å². The fourth-order valence-electron chi connectivity index (χ4n) is 1.00. The molecule has 0 heterocycles. The smallest absolute Gasteiger partial charge is 0.0622 e. The van der Waals surface area contributed by atoms with Crippen molar-refractivity contribution in [3.8, 4) is 0 Å². The Balaban J connectivity index is 2.33. The van der Waals surface area contributed by atoms with Crippen molar-refractivity contribution in [1.82, 2.24) is 0 Å². The van der Waals surface area contributed by atoms with Gasteiger partial charge in [-0.25, -0.2) is 0 Å². The van der Waals surface area contributed by atoms with Gasteiger partial charge in [0.15, 0.2) is 0 Å². The number of hydrogen-bond donors (Lipinski definition) is 0. The summed E-state index contributed by atoms with van der Waals surface area (Å²) in [6, 6.07) is 10.3. The van der Waals surface area contributed by atoms with Crippen molar-refractivity contribution in [2.24, 2.45) is 0 Å². The molecule has 62 valence electrons. The third-order valence-electron chi connectivity index (χ3n) is 1.59. The third kappa shape index (κ3) is 3.39. The Hall–Kier alpha value is -1.02. The minimum atomic E-state index is 0.506. The van der Waals surface area contributed by atoms with E-state index in [1.165, 1.54) is 5.56 Å². The van der Waals surface area contributed by atoms with Gasteiger partial charge in [-0.15, -0.1) is 0 Å². The molecule has 0 aliphatic heterocycles. The topological polar surface area (TPSA) is 17.1 Å². The minimum Gasteiger partial charge on any atom is -0.0622 e. The van der Waals surface area contributed by atoms with Gasteiger partial charge in [-0.2, -0.15) is 0 Å². The summed E-state index contributed by atoms with van der Waals surface area (Å²) in [6.07, 6.45) is 3.86. The van der Waals surface area contributed by atoms with E-state index < -0.39 is 0 Å². The second-order valence-corrected chi connectivity index (χ2v) is 2.96. The molecule has 0 atom stereocenters. The maximum absolute atomic E-state index is 9.97. The molecule has 0 aromatic heterocycles. The Morgan fingerprint density at radius 1 is 1.25 bits per heavy atom. The van der Waals surface area contributed by atoms with Gasteiger partial charge in [-0.3, -0.25) is 0 Å². The van der Waals surface area contributed by atoms with Crippen molar-refractivity contribution in [3.63, 3.8) is 0 Å². The van der Waals surface area contributed by atoms with Crippen LogP contribution >= 0.6 is 0 Å². The molecule has 0 fully saturated rings. The van der Waals surface area contributed by atoms with Gasteiger partial charge in [0.25, 0.3) is 0 Å². The first kappa shape index (κ1) is 9.07. The van der Waals surface area contributed by atoms with E-state index in [0.29, 0.717) is 11.7 Å². The normalized spacial score (nSPS) is 10.3. The van der Waals surface area contributed by atoms with Gasteiger partial charge in [0.05, 0.1) is 0 Å². The van der Waals surface area contributed by atoms with Crippen molar-refractivity contribution in [1.29, 1.82) is 0 Å². The lowest BCUT2D eigenvalue weighted by molar-refractivity contribution is 0.608. The first-order valence-corrected chi connectivity index (χ1v) is 4.71. The molecule has 0 amide bonds. The first-order valence-electron chi connectivity index (χ1n) is 3.91. The second-order valence-electron chi connectivity index (χ2n) is 2.49. The van der Waals surface area contributed by atoms with Crippen molar-refractivity contribution in [3.05, 3.63) is 47.4 Å². The summed E-state index contributed by atoms with van der Waals surface area (Å²) in [5, 5.41) is 1.59. The highest BCUT2D eigenvalue weighted by Crippen LogP contribution is 2.02. The van der Waals surface area contributed by atoms with Gasteiger partial charge >= 0.3 is 11.7 Å². The van der Waals surface area contributed by atoms with E-state index in [0.717, 1.165) is 12.8 Å². The minimum absolute atomic E-state index is 0.506. The Morgan fingerprint density at radius 3 is 2.67 bits per heavy atom. The van der Waals surface area contributed by atoms with Crippen LogP contribution in [0.4, 0.5) is 0 Å². The number of hydrogen-bond acceptors (Lipinski definition) is 1. The molecule has 0 N–H and O–H groups in total. The summed E-state index contributed by atoms with van der Waals surface area (Å²) >= 11 is 0.506. The maximum Gasteiger partial charge on any atom is 0.496 e. The Labute approximate surface area is 76.6 Å². The van der Waals surface area contributed by atoms with Gasteiger partial charge in [-0.1, -0.05) is 30.3 Å². The maximum atomic E-state index is 9.97. The van der Waals surface area contributed by atoms with Crippen molar-refractivity contribution >= 4 is 11.7 Å². The van der Waals surface area contributed by atoms with Crippen LogP contribution in [-0.4, -0.2) is 0 Å². The molecule has 0 aliphatic carbocycles. The fraction of sp³-hybridized carbons (Fsp3) is 0.200. The zero-order valence-electron chi connectivity index (χ0n) is 6.77. The number of rotatable bonds is 4. The van der Waals surface area contributed by atoms with Crippen molar-refractivity contribution in [2.75, 3.05) is 0 Å². The average Bonchev–Trinajstić information content (AvgIpc) is 2.14. The SMILES string of the molecule is O=[S+]/C=C/CCc1ccccc1. The molecule has 1 nitrogen and oxygen atoms in total. The molecule has 1 rings (SSSR count). The molecule has 0 saturated carbocycles. The molecule has 0 aliphatic rings. The molecule has 1 aromatic rings. The quantitative estimate of drug-likeness (QED) is 0.649. The molecule has 12 heavy (non-hydrogen) atoms. The van der Waals surface area contributed by atoms with Crippen LogP contribution in [-0.2, 0) is 22.3 Å². The standard InChI is InChI=1S/C10H11OS/c11-12-9-5-4-8-10-6-2-1-3-7-10/h1-3,5-7,9H,4,8H2/q+1/b9-5+. The van der Waals surface area contributed by atoms with E-state index >= 15 is 0 Å². The zero-order chi connectivity index (χ0) is 8.65. The molecular weight excluding hydrogens is 168 g/mol. The molecule has 0 unspecified atom stereocenters. The summed E-state index contributed by atoms with van der Waals surface area (Å²) in [7, 11) is 0. The van der Waals surface area contributed by atoms with Gasteiger partial charge in [0.1, 0.15) is 0 Å². The highest BCUT2D eigenvalue weighted by molar-refractivity contribution is 7.68. The molecule has 0 spiro atoms. The van der Waals surface area contributed by atoms with Crippen LogP contribution in [0.15, 0.2) is 41.8 Å². The van der Waals surface area contributed by atoms with E-state index in [4.69, 9.17) is 0 Å². The van der Waals surface area contributed by atoms with E-state index in [1.807, 2.05) is 24.3 Å². The Kier molecular flexibility index (Phi) is 4.24. The predicted octanol–water partition coefficient (Wildman–Crippen LogP) is 2.56. The number of benzene rings is 1. The molecule has 0 radical (unpaired) electrons. The van der Waals surface area contributed by atoms with Crippen LogP contribution in [0.25, 0.3) is 0 Å². The van der Waals surface area contributed by atoms with E-state index in [2.05, 4.69) is 12.1 Å². The van der Waals surface area contributed by atoms with Gasteiger partial charge in [0.2, 0.25) is 5.41 Å². The van der Waals surface area contributed by atoms with Crippen LogP contribution in [0.5, 0.6) is 0 Å². The van der Waals surface area contributed by atoms with Crippen LogP contribution < -0.4 is 0 Å².